The summed E-state index contributed by atoms with van der Waals surface area (Å²) < 4.78 is 40.7. The molecule has 2 aromatic rings. The Bertz CT molecular complexity index is 596. The van der Waals surface area contributed by atoms with Gasteiger partial charge in [0.1, 0.15) is 17.5 Å². The van der Waals surface area contributed by atoms with E-state index in [4.69, 9.17) is 11.6 Å². The van der Waals surface area contributed by atoms with Crippen molar-refractivity contribution in [2.75, 3.05) is 0 Å². The van der Waals surface area contributed by atoms with Crippen LogP contribution in [0.1, 0.15) is 24.1 Å². The monoisotopic (exact) mass is 299 g/mol. The molecule has 2 rings (SSSR count). The van der Waals surface area contributed by atoms with E-state index in [1.54, 1.807) is 6.92 Å². The van der Waals surface area contributed by atoms with Crippen LogP contribution in [-0.2, 0) is 6.54 Å². The Hall–Kier alpha value is -1.52. The lowest BCUT2D eigenvalue weighted by Crippen LogP contribution is -2.21. The maximum Gasteiger partial charge on any atom is 0.130 e. The topological polar surface area (TPSA) is 12.0 Å². The molecule has 0 heterocycles. The minimum absolute atomic E-state index is 0.0602. The van der Waals surface area contributed by atoms with Gasteiger partial charge in [-0.05, 0) is 37.3 Å². The van der Waals surface area contributed by atoms with Gasteiger partial charge in [-0.25, -0.2) is 13.2 Å². The molecular formula is C15H13ClF3N. The standard InChI is InChI=1S/C15H13ClF3N/c1-9(15-13(18)3-2-4-14(15)19)20-8-10-7-11(16)5-6-12(10)17/h2-7,9,20H,8H2,1H3. The van der Waals surface area contributed by atoms with Crippen LogP contribution < -0.4 is 5.32 Å². The summed E-state index contributed by atoms with van der Waals surface area (Å²) in [5.74, 6) is -1.67. The van der Waals surface area contributed by atoms with Crippen LogP contribution in [0.15, 0.2) is 36.4 Å². The largest absolute Gasteiger partial charge is 0.306 e. The molecule has 20 heavy (non-hydrogen) atoms. The van der Waals surface area contributed by atoms with Gasteiger partial charge < -0.3 is 5.32 Å². The zero-order chi connectivity index (χ0) is 14.7. The summed E-state index contributed by atoms with van der Waals surface area (Å²) in [6.07, 6.45) is 0. The lowest BCUT2D eigenvalue weighted by atomic mass is 10.1. The number of benzene rings is 2. The molecule has 0 fully saturated rings. The zero-order valence-corrected chi connectivity index (χ0v) is 11.5. The van der Waals surface area contributed by atoms with Crippen LogP contribution >= 0.6 is 11.6 Å². The number of hydrogen-bond acceptors (Lipinski definition) is 1. The minimum Gasteiger partial charge on any atom is -0.306 e. The fourth-order valence-electron chi connectivity index (χ4n) is 1.97. The molecule has 1 unspecified atom stereocenters. The third-order valence-corrected chi connectivity index (χ3v) is 3.27. The van der Waals surface area contributed by atoms with Crippen LogP contribution in [0.25, 0.3) is 0 Å². The molecule has 0 amide bonds. The Labute approximate surface area is 120 Å². The van der Waals surface area contributed by atoms with Gasteiger partial charge in [-0.3, -0.25) is 0 Å². The second-order valence-electron chi connectivity index (χ2n) is 4.47. The second-order valence-corrected chi connectivity index (χ2v) is 4.91. The predicted molar refractivity (Wildman–Crippen MR) is 73.0 cm³/mol. The first-order chi connectivity index (χ1) is 9.49. The van der Waals surface area contributed by atoms with Gasteiger partial charge in [-0.1, -0.05) is 17.7 Å². The van der Waals surface area contributed by atoms with Crippen LogP contribution in [0.4, 0.5) is 13.2 Å². The first kappa shape index (κ1) is 14.9. The Morgan fingerprint density at radius 2 is 1.70 bits per heavy atom. The summed E-state index contributed by atoms with van der Waals surface area (Å²) in [6.45, 7) is 1.74. The lowest BCUT2D eigenvalue weighted by molar-refractivity contribution is 0.481. The number of halogens is 4. The molecular weight excluding hydrogens is 287 g/mol. The highest BCUT2D eigenvalue weighted by Gasteiger charge is 2.16. The number of nitrogens with one attached hydrogen (secondary N) is 1. The molecule has 0 radical (unpaired) electrons. The predicted octanol–water partition coefficient (Wildman–Crippen LogP) is 4.61. The summed E-state index contributed by atoms with van der Waals surface area (Å²) >= 11 is 5.79. The summed E-state index contributed by atoms with van der Waals surface area (Å²) in [4.78, 5) is 0. The van der Waals surface area contributed by atoms with Gasteiger partial charge in [-0.2, -0.15) is 0 Å². The van der Waals surface area contributed by atoms with E-state index in [0.29, 0.717) is 10.6 Å². The van der Waals surface area contributed by atoms with Crippen molar-refractivity contribution in [3.8, 4) is 0 Å². The van der Waals surface area contributed by atoms with E-state index in [1.807, 2.05) is 0 Å². The Balaban J connectivity index is 2.13. The van der Waals surface area contributed by atoms with Gasteiger partial charge in [0.05, 0.1) is 0 Å². The molecule has 1 N–H and O–H groups in total. The van der Waals surface area contributed by atoms with Gasteiger partial charge >= 0.3 is 0 Å². The van der Waals surface area contributed by atoms with E-state index in [1.165, 1.54) is 36.4 Å². The van der Waals surface area contributed by atoms with Gasteiger partial charge in [0.25, 0.3) is 0 Å². The summed E-state index contributed by atoms with van der Waals surface area (Å²) in [7, 11) is 0. The van der Waals surface area contributed by atoms with Crippen LogP contribution in [-0.4, -0.2) is 0 Å². The molecule has 106 valence electrons. The third kappa shape index (κ3) is 3.32. The second kappa shape index (κ2) is 6.29. The number of hydrogen-bond donors (Lipinski definition) is 1. The Morgan fingerprint density at radius 3 is 2.35 bits per heavy atom. The van der Waals surface area contributed by atoms with Crippen molar-refractivity contribution >= 4 is 11.6 Å². The molecule has 0 aromatic heterocycles. The van der Waals surface area contributed by atoms with Gasteiger partial charge in [0.15, 0.2) is 0 Å². The average molecular weight is 300 g/mol. The summed E-state index contributed by atoms with van der Waals surface area (Å²) in [6, 6.07) is 7.28. The molecule has 0 bridgehead atoms. The number of rotatable bonds is 4. The normalized spacial score (nSPS) is 12.4. The molecule has 0 aliphatic rings. The maximum atomic E-state index is 13.6. The molecule has 1 atom stereocenters. The van der Waals surface area contributed by atoms with Crippen LogP contribution in [0.2, 0.25) is 5.02 Å². The molecule has 2 aromatic carbocycles. The highest BCUT2D eigenvalue weighted by molar-refractivity contribution is 6.30. The van der Waals surface area contributed by atoms with E-state index < -0.39 is 23.5 Å². The first-order valence-corrected chi connectivity index (χ1v) is 6.48. The molecule has 0 saturated heterocycles. The molecule has 0 saturated carbocycles. The van der Waals surface area contributed by atoms with Crippen LogP contribution in [0.3, 0.4) is 0 Å². The van der Waals surface area contributed by atoms with Crippen molar-refractivity contribution in [2.45, 2.75) is 19.5 Å². The van der Waals surface area contributed by atoms with Crippen molar-refractivity contribution in [2.24, 2.45) is 0 Å². The van der Waals surface area contributed by atoms with Gasteiger partial charge in [-0.15, -0.1) is 0 Å². The van der Waals surface area contributed by atoms with Gasteiger partial charge in [0.2, 0.25) is 0 Å². The highest BCUT2D eigenvalue weighted by Crippen LogP contribution is 2.21. The van der Waals surface area contributed by atoms with Crippen molar-refractivity contribution in [1.29, 1.82) is 0 Å². The third-order valence-electron chi connectivity index (χ3n) is 3.04. The van der Waals surface area contributed by atoms with Gasteiger partial charge in [0, 0.05) is 28.7 Å². The van der Waals surface area contributed by atoms with E-state index in [-0.39, 0.29) is 12.1 Å². The fourth-order valence-corrected chi connectivity index (χ4v) is 2.16. The van der Waals surface area contributed by atoms with E-state index in [0.717, 1.165) is 0 Å². The van der Waals surface area contributed by atoms with Crippen LogP contribution in [0, 0.1) is 17.5 Å². The van der Waals surface area contributed by atoms with Crippen molar-refractivity contribution in [3.05, 3.63) is 70.0 Å². The quantitative estimate of drug-likeness (QED) is 0.869. The average Bonchev–Trinajstić information content (AvgIpc) is 2.39. The van der Waals surface area contributed by atoms with Crippen molar-refractivity contribution < 1.29 is 13.2 Å². The fraction of sp³-hybridized carbons (Fsp3) is 0.200. The molecule has 1 nitrogen and oxygen atoms in total. The smallest absolute Gasteiger partial charge is 0.130 e. The van der Waals surface area contributed by atoms with E-state index in [2.05, 4.69) is 5.32 Å². The summed E-state index contributed by atoms with van der Waals surface area (Å²) in [5.41, 5.74) is 0.288. The zero-order valence-electron chi connectivity index (χ0n) is 10.8. The van der Waals surface area contributed by atoms with Crippen molar-refractivity contribution in [3.63, 3.8) is 0 Å². The molecule has 0 aliphatic carbocycles. The first-order valence-electron chi connectivity index (χ1n) is 6.10. The maximum absolute atomic E-state index is 13.6. The lowest BCUT2D eigenvalue weighted by Gasteiger charge is -2.16. The van der Waals surface area contributed by atoms with E-state index >= 15 is 0 Å². The molecule has 0 spiro atoms. The molecule has 0 aliphatic heterocycles. The SMILES string of the molecule is CC(NCc1cc(Cl)ccc1F)c1c(F)cccc1F. The summed E-state index contributed by atoms with van der Waals surface area (Å²) in [5, 5.41) is 3.30. The van der Waals surface area contributed by atoms with Crippen molar-refractivity contribution in [1.82, 2.24) is 5.32 Å². The minimum atomic E-state index is -0.628. The highest BCUT2D eigenvalue weighted by atomic mass is 35.5. The Kier molecular flexibility index (Phi) is 4.68. The molecule has 5 heteroatoms. The Morgan fingerprint density at radius 1 is 1.05 bits per heavy atom. The van der Waals surface area contributed by atoms with Crippen LogP contribution in [0.5, 0.6) is 0 Å². The van der Waals surface area contributed by atoms with E-state index in [9.17, 15) is 13.2 Å².